The van der Waals surface area contributed by atoms with E-state index in [2.05, 4.69) is 5.16 Å². The third-order valence-corrected chi connectivity index (χ3v) is 4.39. The van der Waals surface area contributed by atoms with Gasteiger partial charge in [-0.25, -0.2) is 0 Å². The van der Waals surface area contributed by atoms with Crippen LogP contribution in [0.15, 0.2) is 21.3 Å². The van der Waals surface area contributed by atoms with Crippen molar-refractivity contribution in [1.82, 2.24) is 10.1 Å². The molecule has 5 heteroatoms. The van der Waals surface area contributed by atoms with Crippen LogP contribution in [0.2, 0.25) is 0 Å². The third kappa shape index (κ3) is 2.08. The maximum absolute atomic E-state index is 12.5. The molecule has 1 fully saturated rings. The normalized spacial score (nSPS) is 19.1. The highest BCUT2D eigenvalue weighted by molar-refractivity contribution is 7.08. The molecule has 1 aliphatic rings. The van der Waals surface area contributed by atoms with E-state index in [-0.39, 0.29) is 11.9 Å². The minimum Gasteiger partial charge on any atom is -0.361 e. The number of hydrogen-bond acceptors (Lipinski definition) is 4. The van der Waals surface area contributed by atoms with Gasteiger partial charge in [0.2, 0.25) is 0 Å². The molecule has 0 unspecified atom stereocenters. The van der Waals surface area contributed by atoms with Crippen molar-refractivity contribution in [3.05, 3.63) is 39.4 Å². The van der Waals surface area contributed by atoms with Crippen LogP contribution in [0.4, 0.5) is 0 Å². The van der Waals surface area contributed by atoms with Gasteiger partial charge >= 0.3 is 0 Å². The Morgan fingerprint density at radius 3 is 3.00 bits per heavy atom. The summed E-state index contributed by atoms with van der Waals surface area (Å²) in [5.41, 5.74) is 2.76. The number of aromatic nitrogens is 1. The van der Waals surface area contributed by atoms with Gasteiger partial charge in [0.25, 0.3) is 5.91 Å². The second-order valence-electron chi connectivity index (χ2n) is 4.91. The summed E-state index contributed by atoms with van der Waals surface area (Å²) in [6.45, 7) is 4.67. The number of amides is 1. The molecule has 3 rings (SSSR count). The Morgan fingerprint density at radius 2 is 2.37 bits per heavy atom. The van der Waals surface area contributed by atoms with Crippen LogP contribution >= 0.6 is 11.3 Å². The van der Waals surface area contributed by atoms with E-state index in [9.17, 15) is 4.79 Å². The summed E-state index contributed by atoms with van der Waals surface area (Å²) in [6, 6.07) is 1.99. The van der Waals surface area contributed by atoms with Crippen LogP contribution < -0.4 is 0 Å². The molecule has 0 radical (unpaired) electrons. The van der Waals surface area contributed by atoms with Crippen LogP contribution in [0.5, 0.6) is 0 Å². The first-order valence-electron chi connectivity index (χ1n) is 6.44. The summed E-state index contributed by atoms with van der Waals surface area (Å²) < 4.78 is 5.24. The van der Waals surface area contributed by atoms with Gasteiger partial charge in [0.15, 0.2) is 0 Å². The lowest BCUT2D eigenvalue weighted by Gasteiger charge is -2.24. The molecule has 0 aliphatic carbocycles. The first kappa shape index (κ1) is 12.4. The molecule has 2 aromatic rings. The predicted octanol–water partition coefficient (Wildman–Crippen LogP) is 3.33. The van der Waals surface area contributed by atoms with Crippen molar-refractivity contribution >= 4 is 17.2 Å². The molecule has 1 amide bonds. The Labute approximate surface area is 116 Å². The van der Waals surface area contributed by atoms with Gasteiger partial charge < -0.3 is 9.42 Å². The van der Waals surface area contributed by atoms with Gasteiger partial charge in [-0.1, -0.05) is 5.16 Å². The van der Waals surface area contributed by atoms with Gasteiger partial charge in [-0.05, 0) is 38.1 Å². The number of nitrogens with zero attached hydrogens (tertiary/aromatic N) is 2. The molecule has 3 heterocycles. The highest BCUT2D eigenvalue weighted by Crippen LogP contribution is 2.36. The Bertz CT molecular complexity index is 569. The molecule has 0 saturated carbocycles. The summed E-state index contributed by atoms with van der Waals surface area (Å²) in [7, 11) is 0. The summed E-state index contributed by atoms with van der Waals surface area (Å²) in [5, 5.41) is 7.85. The molecule has 0 aromatic carbocycles. The summed E-state index contributed by atoms with van der Waals surface area (Å²) in [5.74, 6) is 0.941. The molecule has 100 valence electrons. The van der Waals surface area contributed by atoms with Crippen LogP contribution in [0.3, 0.4) is 0 Å². The Hall–Kier alpha value is -1.62. The van der Waals surface area contributed by atoms with Crippen LogP contribution in [-0.4, -0.2) is 22.5 Å². The number of carbonyl (C=O) groups excluding carboxylic acids is 1. The molecule has 0 N–H and O–H groups in total. The number of likely N-dealkylation sites (tertiary alicyclic amines) is 1. The molecule has 1 atom stereocenters. The van der Waals surface area contributed by atoms with Crippen molar-refractivity contribution in [2.75, 3.05) is 6.54 Å². The van der Waals surface area contributed by atoms with Crippen LogP contribution in [0.1, 0.15) is 46.3 Å². The average Bonchev–Trinajstić information content (AvgIpc) is 3.10. The molecular weight excluding hydrogens is 260 g/mol. The molecule has 2 aromatic heterocycles. The van der Waals surface area contributed by atoms with Crippen molar-refractivity contribution in [2.45, 2.75) is 32.7 Å². The van der Waals surface area contributed by atoms with Gasteiger partial charge in [0.1, 0.15) is 5.76 Å². The topological polar surface area (TPSA) is 46.3 Å². The van der Waals surface area contributed by atoms with Crippen molar-refractivity contribution < 1.29 is 9.32 Å². The first-order valence-corrected chi connectivity index (χ1v) is 7.38. The minimum absolute atomic E-state index is 0.110. The number of rotatable bonds is 2. The van der Waals surface area contributed by atoms with Crippen LogP contribution in [0, 0.1) is 13.8 Å². The number of carbonyl (C=O) groups is 1. The summed E-state index contributed by atoms with van der Waals surface area (Å²) in [6.07, 6.45) is 2.02. The smallest absolute Gasteiger partial charge is 0.255 e. The van der Waals surface area contributed by atoms with Crippen LogP contribution in [0.25, 0.3) is 0 Å². The molecule has 1 saturated heterocycles. The predicted molar refractivity (Wildman–Crippen MR) is 73.3 cm³/mol. The largest absolute Gasteiger partial charge is 0.361 e. The first-order chi connectivity index (χ1) is 9.18. The summed E-state index contributed by atoms with van der Waals surface area (Å²) >= 11 is 1.55. The molecule has 1 aliphatic heterocycles. The molecule has 0 bridgehead atoms. The Balaban J connectivity index is 1.92. The highest BCUT2D eigenvalue weighted by atomic mass is 32.1. The van der Waals surface area contributed by atoms with Crippen molar-refractivity contribution in [3.63, 3.8) is 0 Å². The lowest BCUT2D eigenvalue weighted by Crippen LogP contribution is -2.30. The van der Waals surface area contributed by atoms with Gasteiger partial charge in [-0.3, -0.25) is 4.79 Å². The zero-order chi connectivity index (χ0) is 13.4. The molecule has 19 heavy (non-hydrogen) atoms. The van der Waals surface area contributed by atoms with Gasteiger partial charge in [0, 0.05) is 17.5 Å². The van der Waals surface area contributed by atoms with E-state index in [0.29, 0.717) is 0 Å². The van der Waals surface area contributed by atoms with Crippen molar-refractivity contribution in [1.29, 1.82) is 0 Å². The molecule has 4 nitrogen and oxygen atoms in total. The monoisotopic (exact) mass is 276 g/mol. The SMILES string of the molecule is Cc1noc(C)c1[C@@H]1CCCN1C(=O)c1ccsc1. The fourth-order valence-corrected chi connectivity index (χ4v) is 3.46. The van der Waals surface area contributed by atoms with Gasteiger partial charge in [-0.15, -0.1) is 0 Å². The van der Waals surface area contributed by atoms with Crippen LogP contribution in [-0.2, 0) is 0 Å². The highest BCUT2D eigenvalue weighted by Gasteiger charge is 2.34. The second kappa shape index (κ2) is 4.81. The van der Waals surface area contributed by atoms with Gasteiger partial charge in [0.05, 0.1) is 17.3 Å². The number of hydrogen-bond donors (Lipinski definition) is 0. The third-order valence-electron chi connectivity index (χ3n) is 3.70. The van der Waals surface area contributed by atoms with E-state index in [1.54, 1.807) is 11.3 Å². The summed E-state index contributed by atoms with van der Waals surface area (Å²) in [4.78, 5) is 14.5. The van der Waals surface area contributed by atoms with Gasteiger partial charge in [-0.2, -0.15) is 11.3 Å². The minimum atomic E-state index is 0.110. The van der Waals surface area contributed by atoms with E-state index in [4.69, 9.17) is 4.52 Å². The average molecular weight is 276 g/mol. The number of aryl methyl sites for hydroxylation is 2. The fraction of sp³-hybridized carbons (Fsp3) is 0.429. The quantitative estimate of drug-likeness (QED) is 0.845. The molecule has 0 spiro atoms. The lowest BCUT2D eigenvalue weighted by atomic mass is 10.0. The van der Waals surface area contributed by atoms with E-state index >= 15 is 0 Å². The lowest BCUT2D eigenvalue weighted by molar-refractivity contribution is 0.0735. The maximum atomic E-state index is 12.5. The van der Waals surface area contributed by atoms with E-state index in [1.165, 1.54) is 0 Å². The van der Waals surface area contributed by atoms with E-state index in [0.717, 1.165) is 42.0 Å². The maximum Gasteiger partial charge on any atom is 0.255 e. The van der Waals surface area contributed by atoms with E-state index < -0.39 is 0 Å². The second-order valence-corrected chi connectivity index (χ2v) is 5.69. The Kier molecular flexibility index (Phi) is 3.14. The molecular formula is C14H16N2O2S. The van der Waals surface area contributed by atoms with Crippen molar-refractivity contribution in [3.8, 4) is 0 Å². The van der Waals surface area contributed by atoms with E-state index in [1.807, 2.05) is 35.6 Å². The standard InChI is InChI=1S/C14H16N2O2S/c1-9-13(10(2)18-15-9)12-4-3-6-16(12)14(17)11-5-7-19-8-11/h5,7-8,12H,3-4,6H2,1-2H3/t12-/m0/s1. The van der Waals surface area contributed by atoms with Crippen molar-refractivity contribution in [2.24, 2.45) is 0 Å². The Morgan fingerprint density at radius 1 is 1.53 bits per heavy atom. The fourth-order valence-electron chi connectivity index (χ4n) is 2.83. The number of thiophene rings is 1. The zero-order valence-corrected chi connectivity index (χ0v) is 11.9. The zero-order valence-electron chi connectivity index (χ0n) is 11.0.